The highest BCUT2D eigenvalue weighted by molar-refractivity contribution is 7.82. The second-order valence-corrected chi connectivity index (χ2v) is 14.5. The lowest BCUT2D eigenvalue weighted by molar-refractivity contribution is -0.143. The Kier molecular flexibility index (Phi) is 12.6. The first-order valence-electron chi connectivity index (χ1n) is 16.5. The van der Waals surface area contributed by atoms with Crippen LogP contribution in [0, 0.1) is 5.92 Å². The molecule has 0 spiro atoms. The lowest BCUT2D eigenvalue weighted by Gasteiger charge is -2.34. The summed E-state index contributed by atoms with van der Waals surface area (Å²) in [5.74, 6) is -3.23. The summed E-state index contributed by atoms with van der Waals surface area (Å²) in [6, 6.07) is 23.2. The van der Waals surface area contributed by atoms with Crippen LogP contribution in [0.5, 0.6) is 0 Å². The molecule has 0 heterocycles. The molecule has 266 valence electrons. The van der Waals surface area contributed by atoms with E-state index in [0.29, 0.717) is 55.7 Å². The van der Waals surface area contributed by atoms with Gasteiger partial charge in [0.15, 0.2) is 0 Å². The number of hydrogen-bond acceptors (Lipinski definition) is 5. The van der Waals surface area contributed by atoms with Crippen molar-refractivity contribution in [1.29, 1.82) is 0 Å². The summed E-state index contributed by atoms with van der Waals surface area (Å²) in [5, 5.41) is 24.3. The van der Waals surface area contributed by atoms with Crippen molar-refractivity contribution in [3.05, 3.63) is 123 Å². The van der Waals surface area contributed by atoms with Gasteiger partial charge in [-0.1, -0.05) is 60.5 Å². The van der Waals surface area contributed by atoms with Crippen molar-refractivity contribution in [1.82, 2.24) is 4.31 Å². The van der Waals surface area contributed by atoms with Gasteiger partial charge >= 0.3 is 11.9 Å². The number of nitrogens with one attached hydrogen (secondary N) is 2. The first kappa shape index (κ1) is 37.7. The minimum atomic E-state index is -1.59. The van der Waals surface area contributed by atoms with Crippen LogP contribution in [0.1, 0.15) is 74.8 Å². The number of benzene rings is 4. The van der Waals surface area contributed by atoms with E-state index in [1.165, 1.54) is 12.1 Å². The Bertz CT molecular complexity index is 1950. The smallest absolute Gasteiger partial charge is 0.335 e. The van der Waals surface area contributed by atoms with Gasteiger partial charge in [0.1, 0.15) is 11.0 Å². The molecule has 0 bridgehead atoms. The minimum absolute atomic E-state index is 0.0395. The Morgan fingerprint density at radius 1 is 0.765 bits per heavy atom. The number of hydrogen-bond donors (Lipinski definition) is 4. The molecule has 4 aromatic rings. The van der Waals surface area contributed by atoms with Crippen molar-refractivity contribution < 1.29 is 33.6 Å². The largest absolute Gasteiger partial charge is 0.481 e. The number of aryl methyl sites for hydroxylation is 2. The van der Waals surface area contributed by atoms with Gasteiger partial charge in [-0.3, -0.25) is 14.4 Å². The molecular weight excluding hydrogens is 713 g/mol. The molecule has 1 saturated carbocycles. The fourth-order valence-electron chi connectivity index (χ4n) is 6.09. The summed E-state index contributed by atoms with van der Waals surface area (Å²) >= 11 is 12.6. The monoisotopic (exact) mass is 749 g/mol. The van der Waals surface area contributed by atoms with Gasteiger partial charge in [0.2, 0.25) is 0 Å². The highest BCUT2D eigenvalue weighted by atomic mass is 35.5. The number of carboxylic acid groups (broad SMARTS) is 2. The predicted molar refractivity (Wildman–Crippen MR) is 198 cm³/mol. The SMILES string of the molecule is CCN(C1CCC(C(=O)O)CC1)S(=O)c1cccc(C(=O)Nc2cc(Cl)c(Cl)cc2C(=O)Nc2ccc(CCc3ccc(C(=O)O)cc3)cc2)c1. The zero-order valence-electron chi connectivity index (χ0n) is 27.7. The molecule has 4 aromatic carbocycles. The molecule has 0 saturated heterocycles. The number of anilines is 2. The topological polar surface area (TPSA) is 153 Å². The molecule has 13 heteroatoms. The third-order valence-electron chi connectivity index (χ3n) is 8.94. The zero-order valence-corrected chi connectivity index (χ0v) is 30.1. The van der Waals surface area contributed by atoms with Crippen molar-refractivity contribution in [2.45, 2.75) is 56.4 Å². The predicted octanol–water partition coefficient (Wildman–Crippen LogP) is 7.97. The molecule has 1 aliphatic rings. The van der Waals surface area contributed by atoms with E-state index in [0.717, 1.165) is 11.1 Å². The Labute approximate surface area is 308 Å². The van der Waals surface area contributed by atoms with Crippen LogP contribution < -0.4 is 10.6 Å². The van der Waals surface area contributed by atoms with Gasteiger partial charge in [-0.25, -0.2) is 13.3 Å². The maximum atomic E-state index is 13.7. The van der Waals surface area contributed by atoms with E-state index in [2.05, 4.69) is 10.6 Å². The summed E-state index contributed by atoms with van der Waals surface area (Å²) in [7, 11) is -1.59. The van der Waals surface area contributed by atoms with Crippen LogP contribution in [-0.4, -0.2) is 55.1 Å². The number of aromatic carboxylic acids is 1. The van der Waals surface area contributed by atoms with Gasteiger partial charge in [0.05, 0.1) is 37.7 Å². The van der Waals surface area contributed by atoms with E-state index >= 15 is 0 Å². The van der Waals surface area contributed by atoms with E-state index in [-0.39, 0.29) is 44.4 Å². The number of carboxylic acids is 2. The number of nitrogens with zero attached hydrogens (tertiary/aromatic N) is 1. The van der Waals surface area contributed by atoms with Crippen LogP contribution in [0.15, 0.2) is 89.8 Å². The fourth-order valence-corrected chi connectivity index (χ4v) is 7.83. The normalized spacial score (nSPS) is 16.3. The quantitative estimate of drug-likeness (QED) is 0.108. The molecule has 0 aromatic heterocycles. The number of carbonyl (C=O) groups excluding carboxylic acids is 2. The van der Waals surface area contributed by atoms with E-state index in [1.807, 2.05) is 23.4 Å². The molecule has 1 unspecified atom stereocenters. The molecule has 5 rings (SSSR count). The molecule has 1 aliphatic carbocycles. The van der Waals surface area contributed by atoms with Crippen LogP contribution in [0.4, 0.5) is 11.4 Å². The zero-order chi connectivity index (χ0) is 36.7. The van der Waals surface area contributed by atoms with Gasteiger partial charge in [0, 0.05) is 23.8 Å². The molecule has 4 N–H and O–H groups in total. The van der Waals surface area contributed by atoms with Gasteiger partial charge in [-0.05, 0) is 104 Å². The van der Waals surface area contributed by atoms with Crippen molar-refractivity contribution >= 4 is 69.3 Å². The molecule has 2 amide bonds. The standard InChI is InChI=1S/C38H37Cl2N3O7S/c1-2-43(29-18-14-26(15-19-29)38(48)49)51(50)30-5-3-4-27(20-30)35(44)42-34-22-33(40)32(39)21-31(34)36(45)41-28-16-10-24(11-17-28)7-6-23-8-12-25(13-9-23)37(46)47/h3-5,8-13,16-17,20-22,26,29H,2,6-7,14-15,18-19H2,1H3,(H,41,45)(H,42,44)(H,46,47)(H,48,49). The molecule has 1 fully saturated rings. The van der Waals surface area contributed by atoms with Gasteiger partial charge in [-0.15, -0.1) is 0 Å². The first-order valence-corrected chi connectivity index (χ1v) is 18.3. The van der Waals surface area contributed by atoms with E-state index in [9.17, 15) is 28.5 Å². The lowest BCUT2D eigenvalue weighted by Crippen LogP contribution is -2.40. The summed E-state index contributed by atoms with van der Waals surface area (Å²) in [5.41, 5.74) is 3.22. The van der Waals surface area contributed by atoms with Gasteiger partial charge in [-0.2, -0.15) is 0 Å². The summed E-state index contributed by atoms with van der Waals surface area (Å²) in [6.45, 7) is 2.39. The van der Waals surface area contributed by atoms with E-state index in [1.54, 1.807) is 60.7 Å². The average Bonchev–Trinajstić information content (AvgIpc) is 3.13. The third kappa shape index (κ3) is 9.62. The lowest BCUT2D eigenvalue weighted by atomic mass is 9.86. The van der Waals surface area contributed by atoms with Gasteiger partial charge in [0.25, 0.3) is 11.8 Å². The second-order valence-electron chi connectivity index (χ2n) is 12.3. The Hall–Kier alpha value is -4.55. The summed E-state index contributed by atoms with van der Waals surface area (Å²) < 4.78 is 15.5. The van der Waals surface area contributed by atoms with Crippen molar-refractivity contribution in [2.75, 3.05) is 17.2 Å². The van der Waals surface area contributed by atoms with E-state index in [4.69, 9.17) is 28.3 Å². The maximum absolute atomic E-state index is 13.7. The van der Waals surface area contributed by atoms with Crippen molar-refractivity contribution in [3.8, 4) is 0 Å². The van der Waals surface area contributed by atoms with Crippen LogP contribution >= 0.6 is 23.2 Å². The molecule has 10 nitrogen and oxygen atoms in total. The molecule has 51 heavy (non-hydrogen) atoms. The first-order chi connectivity index (χ1) is 24.4. The van der Waals surface area contributed by atoms with Crippen molar-refractivity contribution in [2.24, 2.45) is 5.92 Å². The van der Waals surface area contributed by atoms with Gasteiger partial charge < -0.3 is 20.8 Å². The van der Waals surface area contributed by atoms with Crippen LogP contribution in [-0.2, 0) is 28.6 Å². The maximum Gasteiger partial charge on any atom is 0.335 e. The Balaban J connectivity index is 1.25. The second kappa shape index (κ2) is 17.1. The number of amides is 2. The highest BCUT2D eigenvalue weighted by Crippen LogP contribution is 2.32. The van der Waals surface area contributed by atoms with Crippen molar-refractivity contribution in [3.63, 3.8) is 0 Å². The van der Waals surface area contributed by atoms with Crippen LogP contribution in [0.3, 0.4) is 0 Å². The Morgan fingerprint density at radius 2 is 1.37 bits per heavy atom. The summed E-state index contributed by atoms with van der Waals surface area (Å²) in [6.07, 6.45) is 3.71. The highest BCUT2D eigenvalue weighted by Gasteiger charge is 2.31. The minimum Gasteiger partial charge on any atom is -0.481 e. The number of carbonyl (C=O) groups is 4. The number of halogens is 2. The number of aliphatic carboxylic acids is 1. The van der Waals surface area contributed by atoms with Crippen LogP contribution in [0.25, 0.3) is 0 Å². The van der Waals surface area contributed by atoms with Crippen LogP contribution in [0.2, 0.25) is 10.0 Å². The fraction of sp³-hybridized carbons (Fsp3) is 0.263. The molecule has 0 radical (unpaired) electrons. The molecule has 0 aliphatic heterocycles. The third-order valence-corrected chi connectivity index (χ3v) is 11.3. The Morgan fingerprint density at radius 3 is 1.96 bits per heavy atom. The summed E-state index contributed by atoms with van der Waals surface area (Å²) in [4.78, 5) is 49.9. The number of rotatable bonds is 13. The average molecular weight is 751 g/mol. The molecular formula is C38H37Cl2N3O7S. The van der Waals surface area contributed by atoms with E-state index < -0.39 is 34.7 Å². The molecule has 1 atom stereocenters.